The molecule has 0 unspecified atom stereocenters. The molecular weight excluding hydrogens is 300 g/mol. The van der Waals surface area contributed by atoms with Crippen molar-refractivity contribution >= 4 is 46.4 Å². The summed E-state index contributed by atoms with van der Waals surface area (Å²) >= 11 is 21.9. The quantitative estimate of drug-likeness (QED) is 0.332. The Kier molecular flexibility index (Phi) is 7.58. The third-order valence-electron chi connectivity index (χ3n) is 1.26. The standard InChI is InChI=1S/C8H7Cl4NO3/c1-2-16-4-3-5(9)7(13(14)15)6(10)8(11)12/h3-4H,2H2,1H3/b4-3+,7-5+. The van der Waals surface area contributed by atoms with Crippen molar-refractivity contribution in [1.29, 1.82) is 0 Å². The second-order valence-corrected chi connectivity index (χ2v) is 4.02. The lowest BCUT2D eigenvalue weighted by atomic mass is 10.4. The van der Waals surface area contributed by atoms with Crippen molar-refractivity contribution in [3.05, 3.63) is 42.7 Å². The Balaban J connectivity index is 5.26. The Morgan fingerprint density at radius 1 is 1.38 bits per heavy atom. The second-order valence-electron chi connectivity index (χ2n) is 2.29. The fraction of sp³-hybridized carbons (Fsp3) is 0.250. The predicted octanol–water partition coefficient (Wildman–Crippen LogP) is 4.15. The molecule has 0 aliphatic carbocycles. The number of nitro groups is 1. The number of allylic oxidation sites excluding steroid dienone is 3. The fourth-order valence-electron chi connectivity index (χ4n) is 0.645. The molecule has 0 saturated carbocycles. The summed E-state index contributed by atoms with van der Waals surface area (Å²) < 4.78 is 4.39. The molecule has 0 bridgehead atoms. The summed E-state index contributed by atoms with van der Waals surface area (Å²) in [6.45, 7) is 2.16. The van der Waals surface area contributed by atoms with Crippen LogP contribution in [0.1, 0.15) is 6.92 Å². The van der Waals surface area contributed by atoms with E-state index in [4.69, 9.17) is 51.1 Å². The van der Waals surface area contributed by atoms with Crippen LogP contribution in [0, 0.1) is 10.1 Å². The van der Waals surface area contributed by atoms with E-state index in [9.17, 15) is 10.1 Å². The van der Waals surface area contributed by atoms with Gasteiger partial charge in [-0.05, 0) is 13.0 Å². The van der Waals surface area contributed by atoms with Gasteiger partial charge in [-0.2, -0.15) is 0 Å². The summed E-state index contributed by atoms with van der Waals surface area (Å²) in [5.41, 5.74) is -0.584. The Morgan fingerprint density at radius 3 is 2.31 bits per heavy atom. The molecule has 0 saturated heterocycles. The van der Waals surface area contributed by atoms with E-state index in [2.05, 4.69) is 0 Å². The molecule has 0 fully saturated rings. The summed E-state index contributed by atoms with van der Waals surface area (Å²) in [5, 5.41) is 10.0. The van der Waals surface area contributed by atoms with E-state index in [1.807, 2.05) is 0 Å². The van der Waals surface area contributed by atoms with Crippen LogP contribution < -0.4 is 0 Å². The van der Waals surface area contributed by atoms with Crippen molar-refractivity contribution in [3.8, 4) is 0 Å². The van der Waals surface area contributed by atoms with Gasteiger partial charge in [-0.25, -0.2) is 0 Å². The van der Waals surface area contributed by atoms with Crippen molar-refractivity contribution in [2.24, 2.45) is 0 Å². The molecule has 0 aliphatic heterocycles. The van der Waals surface area contributed by atoms with Crippen molar-refractivity contribution in [2.75, 3.05) is 6.61 Å². The molecule has 0 rings (SSSR count). The van der Waals surface area contributed by atoms with Gasteiger partial charge in [-0.3, -0.25) is 10.1 Å². The minimum absolute atomic E-state index is 0.234. The summed E-state index contributed by atoms with van der Waals surface area (Å²) in [6.07, 6.45) is 2.39. The van der Waals surface area contributed by atoms with E-state index in [1.54, 1.807) is 6.92 Å². The molecule has 0 radical (unpaired) electrons. The lowest BCUT2D eigenvalue weighted by molar-refractivity contribution is -0.420. The first-order valence-corrected chi connectivity index (χ1v) is 5.46. The molecule has 0 N–H and O–H groups in total. The van der Waals surface area contributed by atoms with Gasteiger partial charge in [0.2, 0.25) is 0 Å². The van der Waals surface area contributed by atoms with Gasteiger partial charge in [0.15, 0.2) is 0 Å². The van der Waals surface area contributed by atoms with E-state index in [0.29, 0.717) is 6.61 Å². The Bertz CT molecular complexity index is 358. The van der Waals surface area contributed by atoms with Crippen LogP contribution in [0.15, 0.2) is 32.6 Å². The van der Waals surface area contributed by atoms with Gasteiger partial charge in [0.1, 0.15) is 14.6 Å². The monoisotopic (exact) mass is 305 g/mol. The van der Waals surface area contributed by atoms with E-state index < -0.39 is 20.1 Å². The normalized spacial score (nSPS) is 12.3. The molecule has 0 atom stereocenters. The largest absolute Gasteiger partial charge is 0.501 e. The van der Waals surface area contributed by atoms with E-state index in [-0.39, 0.29) is 5.03 Å². The maximum Gasteiger partial charge on any atom is 0.308 e. The summed E-state index contributed by atoms with van der Waals surface area (Å²) in [5.74, 6) is 0. The molecule has 0 amide bonds. The van der Waals surface area contributed by atoms with Crippen LogP contribution in [0.5, 0.6) is 0 Å². The topological polar surface area (TPSA) is 52.4 Å². The summed E-state index contributed by atoms with van der Waals surface area (Å²) in [6, 6.07) is 0. The first-order chi connectivity index (χ1) is 7.41. The van der Waals surface area contributed by atoms with Gasteiger partial charge in [0.05, 0.1) is 17.8 Å². The zero-order chi connectivity index (χ0) is 12.7. The fourth-order valence-corrected chi connectivity index (χ4v) is 1.26. The zero-order valence-corrected chi connectivity index (χ0v) is 11.1. The van der Waals surface area contributed by atoms with Crippen molar-refractivity contribution < 1.29 is 9.66 Å². The third-order valence-corrected chi connectivity index (χ3v) is 2.50. The van der Waals surface area contributed by atoms with Gasteiger partial charge in [0.25, 0.3) is 0 Å². The maximum absolute atomic E-state index is 10.7. The molecule has 16 heavy (non-hydrogen) atoms. The molecule has 0 heterocycles. The maximum atomic E-state index is 10.7. The number of hydrogen-bond donors (Lipinski definition) is 0. The Labute approximate surface area is 112 Å². The van der Waals surface area contributed by atoms with E-state index in [0.717, 1.165) is 0 Å². The average Bonchev–Trinajstić information content (AvgIpc) is 2.17. The van der Waals surface area contributed by atoms with Crippen molar-refractivity contribution in [1.82, 2.24) is 0 Å². The van der Waals surface area contributed by atoms with Crippen LogP contribution in [-0.4, -0.2) is 11.5 Å². The lowest BCUT2D eigenvalue weighted by Gasteiger charge is -1.98. The molecule has 0 spiro atoms. The number of hydrogen-bond acceptors (Lipinski definition) is 3. The number of nitrogens with zero attached hydrogens (tertiary/aromatic N) is 1. The molecular formula is C8H7Cl4NO3. The lowest BCUT2D eigenvalue weighted by Crippen LogP contribution is -2.01. The average molecular weight is 307 g/mol. The molecule has 0 aliphatic rings. The van der Waals surface area contributed by atoms with Gasteiger partial charge in [-0.1, -0.05) is 46.4 Å². The van der Waals surface area contributed by atoms with Crippen LogP contribution in [-0.2, 0) is 4.74 Å². The van der Waals surface area contributed by atoms with Crippen LogP contribution in [0.25, 0.3) is 0 Å². The molecule has 0 aromatic carbocycles. The van der Waals surface area contributed by atoms with Crippen LogP contribution >= 0.6 is 46.4 Å². The van der Waals surface area contributed by atoms with E-state index in [1.165, 1.54) is 12.3 Å². The van der Waals surface area contributed by atoms with Crippen molar-refractivity contribution in [2.45, 2.75) is 6.92 Å². The van der Waals surface area contributed by atoms with Gasteiger partial charge in [-0.15, -0.1) is 0 Å². The van der Waals surface area contributed by atoms with Gasteiger partial charge < -0.3 is 4.74 Å². The Hall–Kier alpha value is -0.420. The highest BCUT2D eigenvalue weighted by Gasteiger charge is 2.22. The highest BCUT2D eigenvalue weighted by atomic mass is 35.5. The summed E-state index contributed by atoms with van der Waals surface area (Å²) in [4.78, 5) is 9.89. The minimum atomic E-state index is -0.786. The van der Waals surface area contributed by atoms with Gasteiger partial charge in [0, 0.05) is 0 Å². The van der Waals surface area contributed by atoms with E-state index >= 15 is 0 Å². The SMILES string of the molecule is CCO/C=C/C(Cl)=C(/C(Cl)=C(Cl)Cl)[N+](=O)[O-]. The summed E-state index contributed by atoms with van der Waals surface area (Å²) in [7, 11) is 0. The van der Waals surface area contributed by atoms with Crippen LogP contribution in [0.2, 0.25) is 0 Å². The Morgan fingerprint density at radius 2 is 1.94 bits per heavy atom. The van der Waals surface area contributed by atoms with Crippen molar-refractivity contribution in [3.63, 3.8) is 0 Å². The highest BCUT2D eigenvalue weighted by Crippen LogP contribution is 2.29. The van der Waals surface area contributed by atoms with Crippen LogP contribution in [0.3, 0.4) is 0 Å². The predicted molar refractivity (Wildman–Crippen MR) is 65.2 cm³/mol. The van der Waals surface area contributed by atoms with Crippen LogP contribution in [0.4, 0.5) is 0 Å². The molecule has 0 aromatic rings. The first kappa shape index (κ1) is 15.6. The first-order valence-electron chi connectivity index (χ1n) is 3.95. The number of rotatable bonds is 5. The molecule has 4 nitrogen and oxygen atoms in total. The molecule has 8 heteroatoms. The smallest absolute Gasteiger partial charge is 0.308 e. The second kappa shape index (κ2) is 7.79. The number of ether oxygens (including phenoxy) is 1. The third kappa shape index (κ3) is 5.07. The molecule has 0 aromatic heterocycles. The number of halogens is 4. The highest BCUT2D eigenvalue weighted by molar-refractivity contribution is 6.60. The zero-order valence-electron chi connectivity index (χ0n) is 8.05. The minimum Gasteiger partial charge on any atom is -0.501 e. The molecule has 90 valence electrons. The van der Waals surface area contributed by atoms with Gasteiger partial charge >= 0.3 is 5.70 Å².